The highest BCUT2D eigenvalue weighted by Crippen LogP contribution is 2.30. The van der Waals surface area contributed by atoms with Gasteiger partial charge >= 0.3 is 5.97 Å². The van der Waals surface area contributed by atoms with Crippen molar-refractivity contribution in [2.45, 2.75) is 38.1 Å². The van der Waals surface area contributed by atoms with E-state index in [0.29, 0.717) is 16.6 Å². The number of thiocarbonyl (C=S) groups is 1. The van der Waals surface area contributed by atoms with E-state index in [-0.39, 0.29) is 18.6 Å². The lowest BCUT2D eigenvalue weighted by Gasteiger charge is -2.30. The molecule has 3 rings (SSSR count). The summed E-state index contributed by atoms with van der Waals surface area (Å²) in [4.78, 5) is 27.0. The van der Waals surface area contributed by atoms with Crippen LogP contribution in [0.1, 0.15) is 37.7 Å². The van der Waals surface area contributed by atoms with Crippen LogP contribution in [-0.4, -0.2) is 51.6 Å². The summed E-state index contributed by atoms with van der Waals surface area (Å²) in [7, 11) is 1.82. The summed E-state index contributed by atoms with van der Waals surface area (Å²) in [5.74, 6) is -0.596. The lowest BCUT2D eigenvalue weighted by molar-refractivity contribution is -0.139. The van der Waals surface area contributed by atoms with E-state index in [9.17, 15) is 9.59 Å². The Morgan fingerprint density at radius 3 is 2.54 bits per heavy atom. The number of carbonyl (C=O) groups is 2. The summed E-state index contributed by atoms with van der Waals surface area (Å²) >= 11 is 5.51. The van der Waals surface area contributed by atoms with Crippen LogP contribution in [0.4, 0.5) is 0 Å². The van der Waals surface area contributed by atoms with Gasteiger partial charge in [-0.15, -0.1) is 0 Å². The van der Waals surface area contributed by atoms with E-state index in [0.717, 1.165) is 31.2 Å². The van der Waals surface area contributed by atoms with Crippen molar-refractivity contribution >= 4 is 35.3 Å². The molecular weight excluding hydrogens is 352 g/mol. The van der Waals surface area contributed by atoms with E-state index >= 15 is 0 Å². The number of hydrogen-bond donors (Lipinski definition) is 1. The largest absolute Gasteiger partial charge is 0.482 e. The SMILES string of the molecule is CN1C(=S)N(C2CCCCC2)C(=O)/C1=C/c1ccc(OCC(=O)O)cc1. The van der Waals surface area contributed by atoms with Crippen LogP contribution < -0.4 is 4.74 Å². The molecule has 1 amide bonds. The average Bonchev–Trinajstić information content (AvgIpc) is 2.85. The number of carbonyl (C=O) groups excluding carboxylic acids is 1. The van der Waals surface area contributed by atoms with E-state index < -0.39 is 5.97 Å². The van der Waals surface area contributed by atoms with Crippen molar-refractivity contribution in [2.75, 3.05) is 13.7 Å². The Hall–Kier alpha value is -2.41. The molecule has 26 heavy (non-hydrogen) atoms. The number of ether oxygens (including phenoxy) is 1. The van der Waals surface area contributed by atoms with Gasteiger partial charge in [-0.05, 0) is 48.8 Å². The number of nitrogens with zero attached hydrogens (tertiary/aromatic N) is 2. The second kappa shape index (κ2) is 7.86. The summed E-state index contributed by atoms with van der Waals surface area (Å²) in [6.45, 7) is -0.383. The molecule has 2 aliphatic rings. The zero-order chi connectivity index (χ0) is 18.7. The molecule has 2 fully saturated rings. The van der Waals surface area contributed by atoms with Crippen molar-refractivity contribution in [1.29, 1.82) is 0 Å². The summed E-state index contributed by atoms with van der Waals surface area (Å²) in [6.07, 6.45) is 7.30. The first kappa shape index (κ1) is 18.4. The van der Waals surface area contributed by atoms with Crippen molar-refractivity contribution in [3.8, 4) is 5.75 Å². The Morgan fingerprint density at radius 2 is 1.92 bits per heavy atom. The summed E-state index contributed by atoms with van der Waals surface area (Å²) < 4.78 is 5.12. The van der Waals surface area contributed by atoms with Crippen LogP contribution in [0.5, 0.6) is 5.75 Å². The van der Waals surface area contributed by atoms with Gasteiger partial charge < -0.3 is 14.7 Å². The lowest BCUT2D eigenvalue weighted by atomic mass is 9.94. The molecule has 0 unspecified atom stereocenters. The quantitative estimate of drug-likeness (QED) is 0.631. The molecule has 0 aromatic heterocycles. The number of hydrogen-bond acceptors (Lipinski definition) is 4. The van der Waals surface area contributed by atoms with Crippen LogP contribution in [0.3, 0.4) is 0 Å². The summed E-state index contributed by atoms with van der Waals surface area (Å²) in [5, 5.41) is 9.20. The first-order valence-electron chi connectivity index (χ1n) is 8.75. The van der Waals surface area contributed by atoms with Gasteiger partial charge in [-0.25, -0.2) is 4.79 Å². The van der Waals surface area contributed by atoms with Crippen LogP contribution >= 0.6 is 12.2 Å². The number of likely N-dealkylation sites (N-methyl/N-ethyl adjacent to an activating group) is 1. The van der Waals surface area contributed by atoms with Crippen molar-refractivity contribution in [1.82, 2.24) is 9.80 Å². The van der Waals surface area contributed by atoms with Crippen LogP contribution in [0.2, 0.25) is 0 Å². The van der Waals surface area contributed by atoms with E-state index in [1.807, 2.05) is 7.05 Å². The molecule has 1 saturated heterocycles. The van der Waals surface area contributed by atoms with Crippen molar-refractivity contribution in [3.63, 3.8) is 0 Å². The van der Waals surface area contributed by atoms with Crippen LogP contribution in [-0.2, 0) is 9.59 Å². The number of rotatable bonds is 5. The molecular formula is C19H22N2O4S. The molecule has 1 aromatic rings. The number of benzene rings is 1. The van der Waals surface area contributed by atoms with Crippen molar-refractivity contribution < 1.29 is 19.4 Å². The molecule has 1 heterocycles. The van der Waals surface area contributed by atoms with Gasteiger partial charge in [0.05, 0.1) is 0 Å². The van der Waals surface area contributed by atoms with Crippen LogP contribution in [0, 0.1) is 0 Å². The van der Waals surface area contributed by atoms with E-state index in [4.69, 9.17) is 22.1 Å². The summed E-state index contributed by atoms with van der Waals surface area (Å²) in [5.41, 5.74) is 1.39. The third kappa shape index (κ3) is 3.88. The molecule has 1 N–H and O–H groups in total. The predicted molar refractivity (Wildman–Crippen MR) is 102 cm³/mol. The lowest BCUT2D eigenvalue weighted by Crippen LogP contribution is -2.41. The Bertz CT molecular complexity index is 738. The van der Waals surface area contributed by atoms with E-state index in [1.54, 1.807) is 40.1 Å². The highest BCUT2D eigenvalue weighted by atomic mass is 32.1. The molecule has 6 nitrogen and oxygen atoms in total. The second-order valence-electron chi connectivity index (χ2n) is 6.59. The Labute approximate surface area is 158 Å². The first-order valence-corrected chi connectivity index (χ1v) is 9.16. The maximum Gasteiger partial charge on any atom is 0.341 e. The minimum Gasteiger partial charge on any atom is -0.482 e. The molecule has 1 saturated carbocycles. The predicted octanol–water partition coefficient (Wildman–Crippen LogP) is 2.88. The standard InChI is InChI=1S/C19H22N2O4S/c1-20-16(11-13-7-9-15(10-8-13)25-12-17(22)23)18(24)21(19(20)26)14-5-3-2-4-6-14/h7-11,14H,2-6,12H2,1H3,(H,22,23)/b16-11-. The smallest absolute Gasteiger partial charge is 0.341 e. The number of amides is 1. The van der Waals surface area contributed by atoms with Crippen molar-refractivity contribution in [2.24, 2.45) is 0 Å². The van der Waals surface area contributed by atoms with Gasteiger partial charge in [0.25, 0.3) is 5.91 Å². The zero-order valence-electron chi connectivity index (χ0n) is 14.7. The molecule has 1 aliphatic carbocycles. The average molecular weight is 374 g/mol. The van der Waals surface area contributed by atoms with E-state index in [2.05, 4.69) is 0 Å². The van der Waals surface area contributed by atoms with Gasteiger partial charge in [0.1, 0.15) is 11.4 Å². The Kier molecular flexibility index (Phi) is 5.56. The van der Waals surface area contributed by atoms with Crippen LogP contribution in [0.25, 0.3) is 6.08 Å². The Morgan fingerprint density at radius 1 is 1.27 bits per heavy atom. The Balaban J connectivity index is 1.76. The molecule has 0 spiro atoms. The third-order valence-corrected chi connectivity index (χ3v) is 5.25. The minimum atomic E-state index is -1.02. The van der Waals surface area contributed by atoms with Gasteiger partial charge in [-0.1, -0.05) is 31.4 Å². The molecule has 138 valence electrons. The maximum atomic E-state index is 12.9. The summed E-state index contributed by atoms with van der Waals surface area (Å²) in [6, 6.07) is 7.15. The van der Waals surface area contributed by atoms with Gasteiger partial charge in [0.2, 0.25) is 0 Å². The topological polar surface area (TPSA) is 70.1 Å². The highest BCUT2D eigenvalue weighted by Gasteiger charge is 2.40. The monoisotopic (exact) mass is 374 g/mol. The van der Waals surface area contributed by atoms with E-state index in [1.165, 1.54) is 6.42 Å². The normalized spacial score (nSPS) is 20.1. The minimum absolute atomic E-state index is 0.0457. The number of carboxylic acids is 1. The van der Waals surface area contributed by atoms with Gasteiger partial charge in [0, 0.05) is 13.1 Å². The fraction of sp³-hybridized carbons (Fsp3) is 0.421. The van der Waals surface area contributed by atoms with Gasteiger partial charge in [-0.2, -0.15) is 0 Å². The van der Waals surface area contributed by atoms with Crippen molar-refractivity contribution in [3.05, 3.63) is 35.5 Å². The number of carboxylic acid groups (broad SMARTS) is 1. The maximum absolute atomic E-state index is 12.9. The molecule has 1 aliphatic heterocycles. The first-order chi connectivity index (χ1) is 12.5. The highest BCUT2D eigenvalue weighted by molar-refractivity contribution is 7.80. The molecule has 0 radical (unpaired) electrons. The van der Waals surface area contributed by atoms with Gasteiger partial charge in [-0.3, -0.25) is 9.69 Å². The fourth-order valence-electron chi connectivity index (χ4n) is 3.40. The third-order valence-electron chi connectivity index (χ3n) is 4.78. The zero-order valence-corrected chi connectivity index (χ0v) is 15.5. The second-order valence-corrected chi connectivity index (χ2v) is 6.95. The van der Waals surface area contributed by atoms with Gasteiger partial charge in [0.15, 0.2) is 11.7 Å². The molecule has 0 atom stereocenters. The fourth-order valence-corrected chi connectivity index (χ4v) is 3.73. The van der Waals surface area contributed by atoms with Crippen LogP contribution in [0.15, 0.2) is 30.0 Å². The molecule has 0 bridgehead atoms. The molecule has 7 heteroatoms. The number of aliphatic carboxylic acids is 1. The molecule has 1 aromatic carbocycles.